The van der Waals surface area contributed by atoms with Crippen LogP contribution in [-0.2, 0) is 16.1 Å². The number of rotatable bonds is 4. The first-order valence-electron chi connectivity index (χ1n) is 6.28. The van der Waals surface area contributed by atoms with Crippen LogP contribution in [0.25, 0.3) is 0 Å². The molecule has 1 N–H and O–H groups in total. The molecule has 1 saturated carbocycles. The van der Waals surface area contributed by atoms with Crippen molar-refractivity contribution in [1.82, 2.24) is 0 Å². The Bertz CT molecular complexity index is 361. The minimum Gasteiger partial charge on any atom is -0.393 e. The van der Waals surface area contributed by atoms with Crippen molar-refractivity contribution >= 4 is 0 Å². The number of aliphatic hydroxyl groups is 1. The number of benzene rings is 1. The zero-order valence-electron chi connectivity index (χ0n) is 9.79. The Morgan fingerprint density at radius 1 is 1.24 bits per heavy atom. The topological polar surface area (TPSA) is 42.0 Å². The first-order valence-corrected chi connectivity index (χ1v) is 6.28. The standard InChI is InChI=1S/C14H18O3/c15-13-7-11(6-12(13)14-9-17-14)16-8-10-4-2-1-3-5-10/h1-5,11-15H,6-9H2/t11-,12?,13+,14-/m1/s1. The molecule has 1 saturated heterocycles. The monoisotopic (exact) mass is 234 g/mol. The second-order valence-corrected chi connectivity index (χ2v) is 4.99. The van der Waals surface area contributed by atoms with Crippen LogP contribution in [0.1, 0.15) is 18.4 Å². The molecule has 1 aromatic carbocycles. The van der Waals surface area contributed by atoms with Crippen molar-refractivity contribution in [2.75, 3.05) is 6.61 Å². The largest absolute Gasteiger partial charge is 0.393 e. The van der Waals surface area contributed by atoms with Crippen molar-refractivity contribution in [2.24, 2.45) is 5.92 Å². The van der Waals surface area contributed by atoms with E-state index in [1.54, 1.807) is 0 Å². The maximum Gasteiger partial charge on any atom is 0.0863 e. The van der Waals surface area contributed by atoms with Gasteiger partial charge in [-0.1, -0.05) is 30.3 Å². The van der Waals surface area contributed by atoms with Gasteiger partial charge >= 0.3 is 0 Å². The molecule has 1 aliphatic heterocycles. The highest BCUT2D eigenvalue weighted by atomic mass is 16.6. The minimum absolute atomic E-state index is 0.180. The predicted octanol–water partition coefficient (Wildman–Crippen LogP) is 1.74. The van der Waals surface area contributed by atoms with Gasteiger partial charge < -0.3 is 14.6 Å². The van der Waals surface area contributed by atoms with Crippen LogP contribution in [0.15, 0.2) is 30.3 Å². The lowest BCUT2D eigenvalue weighted by Crippen LogP contribution is -2.18. The van der Waals surface area contributed by atoms with Gasteiger partial charge in [0.05, 0.1) is 31.5 Å². The average Bonchev–Trinajstić information content (AvgIpc) is 3.12. The van der Waals surface area contributed by atoms with Gasteiger partial charge in [0.1, 0.15) is 0 Å². The van der Waals surface area contributed by atoms with Crippen molar-refractivity contribution in [1.29, 1.82) is 0 Å². The number of epoxide rings is 1. The maximum absolute atomic E-state index is 9.91. The third-order valence-corrected chi connectivity index (χ3v) is 3.70. The summed E-state index contributed by atoms with van der Waals surface area (Å²) in [6.45, 7) is 1.45. The normalized spacial score (nSPS) is 36.1. The molecule has 1 heterocycles. The Morgan fingerprint density at radius 2 is 2.00 bits per heavy atom. The van der Waals surface area contributed by atoms with Gasteiger partial charge in [-0.15, -0.1) is 0 Å². The Labute approximate surface area is 101 Å². The first-order chi connectivity index (χ1) is 8.33. The quantitative estimate of drug-likeness (QED) is 0.807. The van der Waals surface area contributed by atoms with Crippen molar-refractivity contribution in [3.63, 3.8) is 0 Å². The van der Waals surface area contributed by atoms with Gasteiger partial charge in [-0.05, 0) is 18.4 Å². The van der Waals surface area contributed by atoms with Gasteiger partial charge in [0.25, 0.3) is 0 Å². The molecule has 0 aromatic heterocycles. The third-order valence-electron chi connectivity index (χ3n) is 3.70. The van der Waals surface area contributed by atoms with E-state index in [0.717, 1.165) is 19.4 Å². The molecule has 3 heteroatoms. The molecule has 0 radical (unpaired) electrons. The fourth-order valence-electron chi connectivity index (χ4n) is 2.63. The van der Waals surface area contributed by atoms with E-state index in [-0.39, 0.29) is 24.2 Å². The summed E-state index contributed by atoms with van der Waals surface area (Å²) >= 11 is 0. The number of ether oxygens (including phenoxy) is 2. The molecular weight excluding hydrogens is 216 g/mol. The van der Waals surface area contributed by atoms with Crippen molar-refractivity contribution < 1.29 is 14.6 Å². The van der Waals surface area contributed by atoms with E-state index >= 15 is 0 Å². The summed E-state index contributed by atoms with van der Waals surface area (Å²) < 4.78 is 11.1. The molecule has 0 spiro atoms. The molecule has 3 nitrogen and oxygen atoms in total. The van der Waals surface area contributed by atoms with Gasteiger partial charge in [0, 0.05) is 5.92 Å². The molecule has 1 aromatic rings. The molecule has 1 aliphatic carbocycles. The van der Waals surface area contributed by atoms with E-state index < -0.39 is 0 Å². The van der Waals surface area contributed by atoms with E-state index in [9.17, 15) is 5.11 Å². The van der Waals surface area contributed by atoms with Crippen LogP contribution in [0.3, 0.4) is 0 Å². The zero-order valence-corrected chi connectivity index (χ0v) is 9.79. The fraction of sp³-hybridized carbons (Fsp3) is 0.571. The summed E-state index contributed by atoms with van der Waals surface area (Å²) in [5.74, 6) is 0.288. The van der Waals surface area contributed by atoms with Crippen molar-refractivity contribution in [2.45, 2.75) is 37.8 Å². The van der Waals surface area contributed by atoms with Gasteiger partial charge in [-0.25, -0.2) is 0 Å². The summed E-state index contributed by atoms with van der Waals surface area (Å²) in [5.41, 5.74) is 1.19. The van der Waals surface area contributed by atoms with E-state index in [2.05, 4.69) is 12.1 Å². The molecule has 4 atom stereocenters. The van der Waals surface area contributed by atoms with Gasteiger partial charge in [-0.2, -0.15) is 0 Å². The van der Waals surface area contributed by atoms with Crippen LogP contribution < -0.4 is 0 Å². The van der Waals surface area contributed by atoms with E-state index in [4.69, 9.17) is 9.47 Å². The van der Waals surface area contributed by atoms with Crippen LogP contribution >= 0.6 is 0 Å². The first kappa shape index (κ1) is 11.2. The van der Waals surface area contributed by atoms with Gasteiger partial charge in [0.2, 0.25) is 0 Å². The lowest BCUT2D eigenvalue weighted by molar-refractivity contribution is 0.0357. The predicted molar refractivity (Wildman–Crippen MR) is 63.5 cm³/mol. The molecule has 17 heavy (non-hydrogen) atoms. The van der Waals surface area contributed by atoms with Crippen LogP contribution in [0.2, 0.25) is 0 Å². The molecule has 1 unspecified atom stereocenters. The van der Waals surface area contributed by atoms with E-state index in [0.29, 0.717) is 6.61 Å². The number of aliphatic hydroxyl groups excluding tert-OH is 1. The van der Waals surface area contributed by atoms with E-state index in [1.165, 1.54) is 5.56 Å². The summed E-state index contributed by atoms with van der Waals surface area (Å²) in [7, 11) is 0. The summed E-state index contributed by atoms with van der Waals surface area (Å²) in [5, 5.41) is 9.91. The van der Waals surface area contributed by atoms with Gasteiger partial charge in [-0.3, -0.25) is 0 Å². The summed E-state index contributed by atoms with van der Waals surface area (Å²) in [4.78, 5) is 0. The lowest BCUT2D eigenvalue weighted by atomic mass is 10.0. The molecule has 2 fully saturated rings. The average molecular weight is 234 g/mol. The maximum atomic E-state index is 9.91. The Kier molecular flexibility index (Phi) is 3.14. The zero-order chi connectivity index (χ0) is 11.7. The summed E-state index contributed by atoms with van der Waals surface area (Å²) in [6.07, 6.45) is 1.90. The van der Waals surface area contributed by atoms with Gasteiger partial charge in [0.15, 0.2) is 0 Å². The molecule has 2 aliphatic rings. The highest BCUT2D eigenvalue weighted by Crippen LogP contribution is 2.36. The molecular formula is C14H18O3. The highest BCUT2D eigenvalue weighted by molar-refractivity contribution is 5.13. The second-order valence-electron chi connectivity index (χ2n) is 4.99. The second kappa shape index (κ2) is 4.77. The smallest absolute Gasteiger partial charge is 0.0863 e. The van der Waals surface area contributed by atoms with Crippen molar-refractivity contribution in [3.05, 3.63) is 35.9 Å². The van der Waals surface area contributed by atoms with Crippen LogP contribution in [0.5, 0.6) is 0 Å². The minimum atomic E-state index is -0.247. The Morgan fingerprint density at radius 3 is 2.71 bits per heavy atom. The number of hydrogen-bond acceptors (Lipinski definition) is 3. The third kappa shape index (κ3) is 2.68. The highest BCUT2D eigenvalue weighted by Gasteiger charge is 2.44. The van der Waals surface area contributed by atoms with Crippen LogP contribution in [0.4, 0.5) is 0 Å². The van der Waals surface area contributed by atoms with Crippen LogP contribution in [-0.4, -0.2) is 30.0 Å². The van der Waals surface area contributed by atoms with E-state index in [1.807, 2.05) is 18.2 Å². The number of hydrogen-bond donors (Lipinski definition) is 1. The molecule has 0 bridgehead atoms. The molecule has 3 rings (SSSR count). The Balaban J connectivity index is 1.50. The lowest BCUT2D eigenvalue weighted by Gasteiger charge is -2.11. The SMILES string of the molecule is O[C@H]1C[C@H](OCc2ccccc2)CC1[C@H]1CO1. The van der Waals surface area contributed by atoms with Crippen molar-refractivity contribution in [3.8, 4) is 0 Å². The fourth-order valence-corrected chi connectivity index (χ4v) is 2.63. The molecule has 92 valence electrons. The molecule has 0 amide bonds. The summed E-state index contributed by atoms with van der Waals surface area (Å²) in [6, 6.07) is 10.2. The van der Waals surface area contributed by atoms with Crippen LogP contribution in [0, 0.1) is 5.92 Å². The Hall–Kier alpha value is -0.900.